The molecule has 0 amide bonds. The van der Waals surface area contributed by atoms with E-state index in [0.29, 0.717) is 11.4 Å². The third-order valence-corrected chi connectivity index (χ3v) is 2.62. The Bertz CT molecular complexity index is 692. The van der Waals surface area contributed by atoms with Crippen LogP contribution in [-0.4, -0.2) is 26.2 Å². The Morgan fingerprint density at radius 3 is 2.85 bits per heavy atom. The first-order chi connectivity index (χ1) is 9.84. The molecule has 0 fully saturated rings. The van der Waals surface area contributed by atoms with Gasteiger partial charge in [-0.1, -0.05) is 18.2 Å². The van der Waals surface area contributed by atoms with Crippen molar-refractivity contribution in [2.75, 3.05) is 0 Å². The van der Waals surface area contributed by atoms with Gasteiger partial charge in [-0.3, -0.25) is 0 Å². The number of esters is 1. The van der Waals surface area contributed by atoms with Gasteiger partial charge in [-0.2, -0.15) is 4.68 Å². The summed E-state index contributed by atoms with van der Waals surface area (Å²) in [4.78, 5) is 11.7. The maximum absolute atomic E-state index is 11.7. The Kier molecular flexibility index (Phi) is 3.24. The van der Waals surface area contributed by atoms with Gasteiger partial charge >= 0.3 is 5.97 Å². The van der Waals surface area contributed by atoms with E-state index in [9.17, 15) is 4.79 Å². The van der Waals surface area contributed by atoms with Gasteiger partial charge in [0.15, 0.2) is 12.4 Å². The first kappa shape index (κ1) is 12.1. The van der Waals surface area contributed by atoms with Gasteiger partial charge in [0.2, 0.25) is 0 Å². The van der Waals surface area contributed by atoms with E-state index in [4.69, 9.17) is 9.15 Å². The van der Waals surface area contributed by atoms with E-state index in [1.54, 1.807) is 0 Å². The van der Waals surface area contributed by atoms with Crippen LogP contribution in [0.3, 0.4) is 0 Å². The summed E-state index contributed by atoms with van der Waals surface area (Å²) in [5.74, 6) is -0.0468. The molecule has 0 N–H and O–H groups in total. The van der Waals surface area contributed by atoms with Crippen molar-refractivity contribution in [3.8, 4) is 5.69 Å². The van der Waals surface area contributed by atoms with Crippen LogP contribution in [0, 0.1) is 0 Å². The predicted molar refractivity (Wildman–Crippen MR) is 67.0 cm³/mol. The molecule has 0 saturated carbocycles. The van der Waals surface area contributed by atoms with Gasteiger partial charge < -0.3 is 9.15 Å². The number of carbonyl (C=O) groups is 1. The standard InChI is InChI=1S/C13H10N4O3/c18-13(10-6-7-19-8-10)20-9-12-14-15-16-17(12)11-4-2-1-3-5-11/h1-8H,9H2. The number of hydrogen-bond donors (Lipinski definition) is 0. The van der Waals surface area contributed by atoms with Crippen molar-refractivity contribution in [1.82, 2.24) is 20.2 Å². The lowest BCUT2D eigenvalue weighted by atomic mass is 10.3. The molecule has 0 saturated heterocycles. The van der Waals surface area contributed by atoms with Crippen molar-refractivity contribution in [3.05, 3.63) is 60.3 Å². The van der Waals surface area contributed by atoms with Crippen molar-refractivity contribution in [3.63, 3.8) is 0 Å². The first-order valence-corrected chi connectivity index (χ1v) is 5.86. The quantitative estimate of drug-likeness (QED) is 0.670. The van der Waals surface area contributed by atoms with E-state index in [-0.39, 0.29) is 6.61 Å². The van der Waals surface area contributed by atoms with Gasteiger partial charge in [-0.05, 0) is 28.6 Å². The third-order valence-electron chi connectivity index (χ3n) is 2.62. The normalized spacial score (nSPS) is 10.4. The molecule has 1 aromatic carbocycles. The van der Waals surface area contributed by atoms with Gasteiger partial charge in [0.25, 0.3) is 0 Å². The molecule has 3 rings (SSSR count). The average Bonchev–Trinajstić information content (AvgIpc) is 3.17. The van der Waals surface area contributed by atoms with Gasteiger partial charge in [0.05, 0.1) is 17.5 Å². The molecule has 0 aliphatic carbocycles. The van der Waals surface area contributed by atoms with Crippen molar-refractivity contribution >= 4 is 5.97 Å². The Morgan fingerprint density at radius 2 is 2.10 bits per heavy atom. The van der Waals surface area contributed by atoms with Crippen molar-refractivity contribution < 1.29 is 13.9 Å². The lowest BCUT2D eigenvalue weighted by molar-refractivity contribution is 0.0458. The van der Waals surface area contributed by atoms with Crippen LogP contribution in [0.2, 0.25) is 0 Å². The van der Waals surface area contributed by atoms with E-state index >= 15 is 0 Å². The molecule has 0 radical (unpaired) electrons. The number of ether oxygens (including phenoxy) is 1. The number of tetrazole rings is 1. The highest BCUT2D eigenvalue weighted by atomic mass is 16.5. The lowest BCUT2D eigenvalue weighted by Gasteiger charge is -2.04. The van der Waals surface area contributed by atoms with Crippen LogP contribution in [0.1, 0.15) is 16.2 Å². The zero-order valence-electron chi connectivity index (χ0n) is 10.3. The number of para-hydroxylation sites is 1. The fourth-order valence-corrected chi connectivity index (χ4v) is 1.66. The summed E-state index contributed by atoms with van der Waals surface area (Å²) in [5, 5.41) is 11.3. The van der Waals surface area contributed by atoms with Crippen LogP contribution < -0.4 is 0 Å². The predicted octanol–water partition coefficient (Wildman–Crippen LogP) is 1.61. The molecule has 7 nitrogen and oxygen atoms in total. The number of rotatable bonds is 4. The molecule has 20 heavy (non-hydrogen) atoms. The third kappa shape index (κ3) is 2.41. The molecular weight excluding hydrogens is 260 g/mol. The molecule has 2 heterocycles. The zero-order valence-corrected chi connectivity index (χ0v) is 10.3. The number of aromatic nitrogens is 4. The Hall–Kier alpha value is -2.96. The molecular formula is C13H10N4O3. The van der Waals surface area contributed by atoms with E-state index in [2.05, 4.69) is 15.5 Å². The largest absolute Gasteiger partial charge is 0.472 e. The number of benzene rings is 1. The lowest BCUT2D eigenvalue weighted by Crippen LogP contribution is -2.09. The van der Waals surface area contributed by atoms with Crippen molar-refractivity contribution in [1.29, 1.82) is 0 Å². The van der Waals surface area contributed by atoms with Gasteiger partial charge in [0.1, 0.15) is 6.26 Å². The van der Waals surface area contributed by atoms with Crippen molar-refractivity contribution in [2.45, 2.75) is 6.61 Å². The minimum absolute atomic E-state index is 0.0219. The fraction of sp³-hybridized carbons (Fsp3) is 0.0769. The summed E-state index contributed by atoms with van der Waals surface area (Å²) < 4.78 is 11.5. The van der Waals surface area contributed by atoms with Crippen LogP contribution in [0.5, 0.6) is 0 Å². The number of hydrogen-bond acceptors (Lipinski definition) is 6. The molecule has 7 heteroatoms. The smallest absolute Gasteiger partial charge is 0.341 e. The monoisotopic (exact) mass is 270 g/mol. The van der Waals surface area contributed by atoms with Gasteiger partial charge in [0, 0.05) is 0 Å². The number of furan rings is 1. The average molecular weight is 270 g/mol. The zero-order chi connectivity index (χ0) is 13.8. The molecule has 3 aromatic rings. The fourth-order valence-electron chi connectivity index (χ4n) is 1.66. The summed E-state index contributed by atoms with van der Waals surface area (Å²) in [5.41, 5.74) is 1.15. The Morgan fingerprint density at radius 1 is 1.25 bits per heavy atom. The second-order valence-electron chi connectivity index (χ2n) is 3.93. The van der Waals surface area contributed by atoms with Gasteiger partial charge in [-0.25, -0.2) is 4.79 Å². The first-order valence-electron chi connectivity index (χ1n) is 5.86. The maximum atomic E-state index is 11.7. The molecule has 0 aliphatic rings. The minimum atomic E-state index is -0.485. The number of nitrogens with zero attached hydrogens (tertiary/aromatic N) is 4. The second kappa shape index (κ2) is 5.35. The topological polar surface area (TPSA) is 83.0 Å². The Balaban J connectivity index is 1.73. The Labute approximate surface area is 113 Å². The van der Waals surface area contributed by atoms with E-state index in [0.717, 1.165) is 5.69 Å². The van der Waals surface area contributed by atoms with E-state index in [1.807, 2.05) is 30.3 Å². The minimum Gasteiger partial charge on any atom is -0.472 e. The highest BCUT2D eigenvalue weighted by molar-refractivity contribution is 5.88. The highest BCUT2D eigenvalue weighted by Crippen LogP contribution is 2.09. The molecule has 2 aromatic heterocycles. The summed E-state index contributed by atoms with van der Waals surface area (Å²) in [6.45, 7) is -0.0219. The van der Waals surface area contributed by atoms with Crippen LogP contribution in [-0.2, 0) is 11.3 Å². The summed E-state index contributed by atoms with van der Waals surface area (Å²) in [7, 11) is 0. The molecule has 0 spiro atoms. The second-order valence-corrected chi connectivity index (χ2v) is 3.93. The van der Waals surface area contributed by atoms with Crippen molar-refractivity contribution in [2.24, 2.45) is 0 Å². The molecule has 0 bridgehead atoms. The van der Waals surface area contributed by atoms with Gasteiger partial charge in [-0.15, -0.1) is 5.10 Å². The molecule has 0 aliphatic heterocycles. The molecule has 100 valence electrons. The number of carbonyl (C=O) groups excluding carboxylic acids is 1. The maximum Gasteiger partial charge on any atom is 0.341 e. The highest BCUT2D eigenvalue weighted by Gasteiger charge is 2.13. The summed E-state index contributed by atoms with van der Waals surface area (Å²) in [6.07, 6.45) is 2.73. The summed E-state index contributed by atoms with van der Waals surface area (Å²) in [6, 6.07) is 10.9. The van der Waals surface area contributed by atoms with Crippen LogP contribution in [0.4, 0.5) is 0 Å². The summed E-state index contributed by atoms with van der Waals surface area (Å²) >= 11 is 0. The van der Waals surface area contributed by atoms with E-state index < -0.39 is 5.97 Å². The van der Waals surface area contributed by atoms with Crippen LogP contribution in [0.25, 0.3) is 5.69 Å². The molecule has 0 unspecified atom stereocenters. The van der Waals surface area contributed by atoms with E-state index in [1.165, 1.54) is 23.3 Å². The van der Waals surface area contributed by atoms with Crippen LogP contribution >= 0.6 is 0 Å². The molecule has 0 atom stereocenters. The van der Waals surface area contributed by atoms with Crippen LogP contribution in [0.15, 0.2) is 53.3 Å². The SMILES string of the molecule is O=C(OCc1nnnn1-c1ccccc1)c1ccoc1.